The number of nitrogens with one attached hydrogen (secondary N) is 1. The van der Waals surface area contributed by atoms with Crippen LogP contribution in [0, 0.1) is 0 Å². The Hall–Kier alpha value is -1.81. The first-order chi connectivity index (χ1) is 9.97. The number of alkyl halides is 3. The van der Waals surface area contributed by atoms with Crippen LogP contribution in [0.3, 0.4) is 0 Å². The second kappa shape index (κ2) is 6.31. The molecule has 112 valence electrons. The molecule has 21 heavy (non-hydrogen) atoms. The number of hydrogen-bond donors (Lipinski definition) is 1. The molecule has 2 aromatic carbocycles. The van der Waals surface area contributed by atoms with Crippen LogP contribution < -0.4 is 5.32 Å². The Kier molecular flexibility index (Phi) is 4.68. The first kappa shape index (κ1) is 15.6. The molecule has 0 amide bonds. The van der Waals surface area contributed by atoms with Gasteiger partial charge in [0.05, 0.1) is 0 Å². The average molecular weight is 293 g/mol. The second-order valence-corrected chi connectivity index (χ2v) is 5.15. The Balaban J connectivity index is 2.34. The monoisotopic (exact) mass is 293 g/mol. The van der Waals surface area contributed by atoms with Gasteiger partial charge in [-0.2, -0.15) is 13.2 Å². The van der Waals surface area contributed by atoms with Crippen molar-refractivity contribution >= 4 is 0 Å². The van der Waals surface area contributed by atoms with Crippen molar-refractivity contribution < 1.29 is 13.2 Å². The highest BCUT2D eigenvalue weighted by molar-refractivity contribution is 5.24. The lowest BCUT2D eigenvalue weighted by atomic mass is 9.84. The van der Waals surface area contributed by atoms with Crippen LogP contribution in [0.25, 0.3) is 0 Å². The number of rotatable bonds is 5. The van der Waals surface area contributed by atoms with Gasteiger partial charge in [0.25, 0.3) is 0 Å². The van der Waals surface area contributed by atoms with Crippen LogP contribution >= 0.6 is 0 Å². The maximum absolute atomic E-state index is 13.7. The molecule has 0 aromatic heterocycles. The smallest absolute Gasteiger partial charge is 0.306 e. The van der Waals surface area contributed by atoms with E-state index in [2.05, 4.69) is 5.32 Å². The minimum atomic E-state index is -4.34. The minimum absolute atomic E-state index is 0.0945. The molecule has 2 aromatic rings. The van der Waals surface area contributed by atoms with E-state index in [9.17, 15) is 13.2 Å². The van der Waals surface area contributed by atoms with Crippen molar-refractivity contribution in [2.24, 2.45) is 0 Å². The van der Waals surface area contributed by atoms with Crippen LogP contribution in [0.4, 0.5) is 13.2 Å². The first-order valence-corrected chi connectivity index (χ1v) is 6.80. The van der Waals surface area contributed by atoms with Gasteiger partial charge in [0.15, 0.2) is 0 Å². The van der Waals surface area contributed by atoms with Gasteiger partial charge < -0.3 is 5.32 Å². The molecular formula is C17H18F3N. The van der Waals surface area contributed by atoms with Crippen molar-refractivity contribution in [2.45, 2.75) is 24.6 Å². The summed E-state index contributed by atoms with van der Waals surface area (Å²) in [5.74, 6) is 0. The zero-order valence-electron chi connectivity index (χ0n) is 11.8. The molecule has 0 radical (unpaired) electrons. The predicted molar refractivity (Wildman–Crippen MR) is 78.1 cm³/mol. The Morgan fingerprint density at radius 2 is 1.14 bits per heavy atom. The molecular weight excluding hydrogens is 275 g/mol. The summed E-state index contributed by atoms with van der Waals surface area (Å²) in [5.41, 5.74) is -0.629. The SMILES string of the molecule is CNC(Cc1ccccc1)(Cc1ccccc1)C(F)(F)F. The van der Waals surface area contributed by atoms with E-state index in [-0.39, 0.29) is 12.8 Å². The van der Waals surface area contributed by atoms with E-state index < -0.39 is 11.7 Å². The quantitative estimate of drug-likeness (QED) is 0.879. The summed E-state index contributed by atoms with van der Waals surface area (Å²) >= 11 is 0. The van der Waals surface area contributed by atoms with Crippen molar-refractivity contribution in [3.05, 3.63) is 71.8 Å². The van der Waals surface area contributed by atoms with E-state index in [1.807, 2.05) is 0 Å². The van der Waals surface area contributed by atoms with Gasteiger partial charge in [0.1, 0.15) is 5.54 Å². The van der Waals surface area contributed by atoms with Crippen LogP contribution in [0.2, 0.25) is 0 Å². The van der Waals surface area contributed by atoms with Gasteiger partial charge in [-0.1, -0.05) is 60.7 Å². The second-order valence-electron chi connectivity index (χ2n) is 5.15. The highest BCUT2D eigenvalue weighted by Crippen LogP contribution is 2.36. The third kappa shape index (κ3) is 3.64. The molecule has 0 aliphatic carbocycles. The molecule has 0 unspecified atom stereocenters. The number of benzene rings is 2. The van der Waals surface area contributed by atoms with Crippen molar-refractivity contribution in [3.8, 4) is 0 Å². The van der Waals surface area contributed by atoms with E-state index in [1.165, 1.54) is 7.05 Å². The molecule has 0 saturated heterocycles. The highest BCUT2D eigenvalue weighted by Gasteiger charge is 2.53. The van der Waals surface area contributed by atoms with E-state index in [1.54, 1.807) is 60.7 Å². The summed E-state index contributed by atoms with van der Waals surface area (Å²) in [6, 6.07) is 17.5. The molecule has 0 atom stereocenters. The van der Waals surface area contributed by atoms with Crippen LogP contribution in [0.5, 0.6) is 0 Å². The fraction of sp³-hybridized carbons (Fsp3) is 0.294. The Bertz CT molecular complexity index is 508. The molecule has 0 spiro atoms. The zero-order valence-corrected chi connectivity index (χ0v) is 11.8. The van der Waals surface area contributed by atoms with Gasteiger partial charge in [0.2, 0.25) is 0 Å². The molecule has 0 aliphatic heterocycles. The molecule has 0 bridgehead atoms. The number of likely N-dealkylation sites (N-methyl/N-ethyl adjacent to an activating group) is 1. The molecule has 0 fully saturated rings. The van der Waals surface area contributed by atoms with Gasteiger partial charge in [0, 0.05) is 0 Å². The normalized spacial score (nSPS) is 12.4. The third-order valence-corrected chi connectivity index (χ3v) is 3.72. The molecule has 4 heteroatoms. The van der Waals surface area contributed by atoms with Gasteiger partial charge >= 0.3 is 6.18 Å². The molecule has 0 aliphatic rings. The Morgan fingerprint density at radius 1 is 0.762 bits per heavy atom. The fourth-order valence-corrected chi connectivity index (χ4v) is 2.47. The van der Waals surface area contributed by atoms with Gasteiger partial charge in [-0.3, -0.25) is 0 Å². The van der Waals surface area contributed by atoms with Crippen LogP contribution in [0.15, 0.2) is 60.7 Å². The van der Waals surface area contributed by atoms with E-state index in [4.69, 9.17) is 0 Å². The maximum atomic E-state index is 13.7. The summed E-state index contributed by atoms with van der Waals surface area (Å²) in [7, 11) is 1.37. The van der Waals surface area contributed by atoms with Gasteiger partial charge in [-0.15, -0.1) is 0 Å². The molecule has 2 rings (SSSR count). The molecule has 0 saturated carbocycles. The maximum Gasteiger partial charge on any atom is 0.407 e. The van der Waals surface area contributed by atoms with E-state index >= 15 is 0 Å². The van der Waals surface area contributed by atoms with Crippen molar-refractivity contribution in [3.63, 3.8) is 0 Å². The number of halogens is 3. The van der Waals surface area contributed by atoms with Crippen molar-refractivity contribution in [1.29, 1.82) is 0 Å². The van der Waals surface area contributed by atoms with Gasteiger partial charge in [-0.25, -0.2) is 0 Å². The summed E-state index contributed by atoms with van der Waals surface area (Å²) < 4.78 is 41.1. The average Bonchev–Trinajstić information content (AvgIpc) is 2.47. The van der Waals surface area contributed by atoms with E-state index in [0.29, 0.717) is 11.1 Å². The summed E-state index contributed by atoms with van der Waals surface area (Å²) in [5, 5.41) is 2.53. The lowest BCUT2D eigenvalue weighted by Crippen LogP contribution is -2.58. The standard InChI is InChI=1S/C17H18F3N/c1-21-16(17(18,19)20,12-14-8-4-2-5-9-14)13-15-10-6-3-7-11-15/h2-11,21H,12-13H2,1H3. The summed E-state index contributed by atoms with van der Waals surface area (Å²) in [6.45, 7) is 0. The highest BCUT2D eigenvalue weighted by atomic mass is 19.4. The topological polar surface area (TPSA) is 12.0 Å². The van der Waals surface area contributed by atoms with Crippen molar-refractivity contribution in [1.82, 2.24) is 5.32 Å². The summed E-state index contributed by atoms with van der Waals surface area (Å²) in [4.78, 5) is 0. The van der Waals surface area contributed by atoms with Crippen LogP contribution in [-0.2, 0) is 12.8 Å². The third-order valence-electron chi connectivity index (χ3n) is 3.72. The van der Waals surface area contributed by atoms with Crippen LogP contribution in [-0.4, -0.2) is 18.8 Å². The Morgan fingerprint density at radius 3 is 1.43 bits per heavy atom. The van der Waals surface area contributed by atoms with E-state index in [0.717, 1.165) is 0 Å². The minimum Gasteiger partial charge on any atom is -0.306 e. The largest absolute Gasteiger partial charge is 0.407 e. The zero-order chi connectivity index (χ0) is 15.3. The molecule has 1 N–H and O–H groups in total. The lowest BCUT2D eigenvalue weighted by Gasteiger charge is -2.36. The number of hydrogen-bond acceptors (Lipinski definition) is 1. The lowest BCUT2D eigenvalue weighted by molar-refractivity contribution is -0.195. The summed E-state index contributed by atoms with van der Waals surface area (Å²) in [6.07, 6.45) is -4.53. The predicted octanol–water partition coefficient (Wildman–Crippen LogP) is 3.99. The van der Waals surface area contributed by atoms with Crippen molar-refractivity contribution in [2.75, 3.05) is 7.05 Å². The molecule has 1 nitrogen and oxygen atoms in total. The Labute approximate surface area is 122 Å². The first-order valence-electron chi connectivity index (χ1n) is 6.80. The molecule has 0 heterocycles. The van der Waals surface area contributed by atoms with Crippen LogP contribution in [0.1, 0.15) is 11.1 Å². The fourth-order valence-electron chi connectivity index (χ4n) is 2.47. The van der Waals surface area contributed by atoms with Gasteiger partial charge in [-0.05, 0) is 31.0 Å².